The molecular weight excluding hydrogens is 270 g/mol. The highest BCUT2D eigenvalue weighted by Crippen LogP contribution is 2.22. The first kappa shape index (κ1) is 16.7. The van der Waals surface area contributed by atoms with Gasteiger partial charge in [-0.05, 0) is 26.2 Å². The molecule has 2 rings (SSSR count). The van der Waals surface area contributed by atoms with E-state index in [1.165, 1.54) is 0 Å². The second-order valence-electron chi connectivity index (χ2n) is 6.25. The molecule has 0 bridgehead atoms. The van der Waals surface area contributed by atoms with Gasteiger partial charge in [0.1, 0.15) is 6.10 Å². The average Bonchev–Trinajstić information content (AvgIpc) is 2.95. The zero-order valence-corrected chi connectivity index (χ0v) is 13.2. The predicted molar refractivity (Wildman–Crippen MR) is 80.9 cm³/mol. The lowest BCUT2D eigenvalue weighted by Crippen LogP contribution is -2.57. The van der Waals surface area contributed by atoms with Crippen molar-refractivity contribution in [3.63, 3.8) is 0 Å². The molecule has 0 spiro atoms. The molecule has 0 aromatic rings. The lowest BCUT2D eigenvalue weighted by molar-refractivity contribution is -0.146. The SMILES string of the molecule is CCC1CN(C(=O)[C@@H]2CC[C@H](CN)O2)CCN1CC(C)O. The van der Waals surface area contributed by atoms with E-state index in [1.54, 1.807) is 0 Å². The van der Waals surface area contributed by atoms with E-state index in [9.17, 15) is 9.90 Å². The summed E-state index contributed by atoms with van der Waals surface area (Å²) in [5, 5.41) is 9.57. The first-order chi connectivity index (χ1) is 10.0. The van der Waals surface area contributed by atoms with Crippen LogP contribution in [0.1, 0.15) is 33.1 Å². The normalized spacial score (nSPS) is 32.4. The Bertz CT molecular complexity index is 351. The van der Waals surface area contributed by atoms with Gasteiger partial charge in [0, 0.05) is 38.8 Å². The van der Waals surface area contributed by atoms with Crippen LogP contribution in [0.4, 0.5) is 0 Å². The lowest BCUT2D eigenvalue weighted by Gasteiger charge is -2.42. The Morgan fingerprint density at radius 2 is 2.19 bits per heavy atom. The summed E-state index contributed by atoms with van der Waals surface area (Å²) < 4.78 is 5.72. The number of rotatable bonds is 5. The number of carbonyl (C=O) groups excluding carboxylic acids is 1. The number of nitrogens with two attached hydrogens (primary N) is 1. The van der Waals surface area contributed by atoms with Crippen LogP contribution in [0.2, 0.25) is 0 Å². The van der Waals surface area contributed by atoms with Crippen molar-refractivity contribution in [2.75, 3.05) is 32.7 Å². The molecule has 0 saturated carbocycles. The van der Waals surface area contributed by atoms with Gasteiger partial charge < -0.3 is 20.5 Å². The van der Waals surface area contributed by atoms with Gasteiger partial charge in [0.25, 0.3) is 5.91 Å². The fraction of sp³-hybridized carbons (Fsp3) is 0.933. The molecule has 2 unspecified atom stereocenters. The number of aliphatic hydroxyl groups excluding tert-OH is 1. The molecule has 2 saturated heterocycles. The first-order valence-corrected chi connectivity index (χ1v) is 8.11. The fourth-order valence-electron chi connectivity index (χ4n) is 3.32. The third-order valence-corrected chi connectivity index (χ3v) is 4.53. The van der Waals surface area contributed by atoms with Gasteiger partial charge in [-0.25, -0.2) is 0 Å². The van der Waals surface area contributed by atoms with Crippen LogP contribution in [-0.4, -0.2) is 77.9 Å². The van der Waals surface area contributed by atoms with E-state index in [0.29, 0.717) is 19.1 Å². The molecule has 2 heterocycles. The van der Waals surface area contributed by atoms with E-state index >= 15 is 0 Å². The Kier molecular flexibility index (Phi) is 5.98. The third-order valence-electron chi connectivity index (χ3n) is 4.53. The van der Waals surface area contributed by atoms with Crippen molar-refractivity contribution in [2.24, 2.45) is 5.73 Å². The third kappa shape index (κ3) is 4.16. The number of nitrogens with zero attached hydrogens (tertiary/aromatic N) is 2. The van der Waals surface area contributed by atoms with Gasteiger partial charge in [0.05, 0.1) is 12.2 Å². The lowest BCUT2D eigenvalue weighted by atomic mass is 10.1. The van der Waals surface area contributed by atoms with Gasteiger partial charge in [-0.3, -0.25) is 9.69 Å². The van der Waals surface area contributed by atoms with Crippen LogP contribution >= 0.6 is 0 Å². The summed E-state index contributed by atoms with van der Waals surface area (Å²) in [6.45, 7) is 7.37. The van der Waals surface area contributed by atoms with Crippen molar-refractivity contribution >= 4 is 5.91 Å². The highest BCUT2D eigenvalue weighted by atomic mass is 16.5. The van der Waals surface area contributed by atoms with Crippen molar-refractivity contribution < 1.29 is 14.6 Å². The van der Waals surface area contributed by atoms with E-state index in [2.05, 4.69) is 11.8 Å². The number of β-amino-alcohol motifs (C(OH)–C–C–N with tert-alkyl or cyclic N) is 1. The van der Waals surface area contributed by atoms with Crippen molar-refractivity contribution in [2.45, 2.75) is 57.5 Å². The van der Waals surface area contributed by atoms with Gasteiger partial charge >= 0.3 is 0 Å². The molecule has 6 heteroatoms. The average molecular weight is 299 g/mol. The van der Waals surface area contributed by atoms with Crippen LogP contribution in [0.15, 0.2) is 0 Å². The Hall–Kier alpha value is -0.690. The zero-order chi connectivity index (χ0) is 15.4. The monoisotopic (exact) mass is 299 g/mol. The second-order valence-corrected chi connectivity index (χ2v) is 6.25. The summed E-state index contributed by atoms with van der Waals surface area (Å²) in [6, 6.07) is 0.323. The molecule has 122 valence electrons. The van der Waals surface area contributed by atoms with Gasteiger partial charge in [-0.1, -0.05) is 6.92 Å². The van der Waals surface area contributed by atoms with Crippen LogP contribution in [0.3, 0.4) is 0 Å². The Morgan fingerprint density at radius 1 is 1.43 bits per heavy atom. The Balaban J connectivity index is 1.89. The van der Waals surface area contributed by atoms with E-state index in [1.807, 2.05) is 11.8 Å². The molecule has 2 aliphatic heterocycles. The van der Waals surface area contributed by atoms with E-state index in [4.69, 9.17) is 10.5 Å². The molecule has 0 aliphatic carbocycles. The Morgan fingerprint density at radius 3 is 2.76 bits per heavy atom. The van der Waals surface area contributed by atoms with Gasteiger partial charge in [0.2, 0.25) is 0 Å². The quantitative estimate of drug-likeness (QED) is 0.735. The summed E-state index contributed by atoms with van der Waals surface area (Å²) in [4.78, 5) is 16.8. The van der Waals surface area contributed by atoms with Crippen LogP contribution < -0.4 is 5.73 Å². The fourth-order valence-corrected chi connectivity index (χ4v) is 3.32. The van der Waals surface area contributed by atoms with Crippen molar-refractivity contribution in [3.05, 3.63) is 0 Å². The van der Waals surface area contributed by atoms with Crippen molar-refractivity contribution in [1.29, 1.82) is 0 Å². The van der Waals surface area contributed by atoms with Crippen molar-refractivity contribution in [3.8, 4) is 0 Å². The molecule has 6 nitrogen and oxygen atoms in total. The van der Waals surface area contributed by atoms with Crippen LogP contribution in [-0.2, 0) is 9.53 Å². The summed E-state index contributed by atoms with van der Waals surface area (Å²) in [5.74, 6) is 0.112. The zero-order valence-electron chi connectivity index (χ0n) is 13.2. The number of aliphatic hydroxyl groups is 1. The maximum Gasteiger partial charge on any atom is 0.251 e. The molecule has 3 N–H and O–H groups in total. The molecule has 2 aliphatic rings. The number of hydrogen-bond acceptors (Lipinski definition) is 5. The van der Waals surface area contributed by atoms with Crippen LogP contribution in [0, 0.1) is 0 Å². The summed E-state index contributed by atoms with van der Waals surface area (Å²) in [6.07, 6.45) is 2.05. The van der Waals surface area contributed by atoms with Gasteiger partial charge in [0.15, 0.2) is 0 Å². The highest BCUT2D eigenvalue weighted by Gasteiger charge is 2.36. The summed E-state index contributed by atoms with van der Waals surface area (Å²) >= 11 is 0. The number of amides is 1. The van der Waals surface area contributed by atoms with Crippen LogP contribution in [0.5, 0.6) is 0 Å². The largest absolute Gasteiger partial charge is 0.392 e. The predicted octanol–water partition coefficient (Wildman–Crippen LogP) is -0.204. The van der Waals surface area contributed by atoms with Gasteiger partial charge in [-0.15, -0.1) is 0 Å². The van der Waals surface area contributed by atoms with Gasteiger partial charge in [-0.2, -0.15) is 0 Å². The number of ether oxygens (including phenoxy) is 1. The maximum atomic E-state index is 12.5. The second kappa shape index (κ2) is 7.54. The standard InChI is InChI=1S/C15H29N3O3/c1-3-12-10-18(7-6-17(12)9-11(2)19)15(20)14-5-4-13(8-16)21-14/h11-14,19H,3-10,16H2,1-2H3/t11?,12?,13-,14+/m1/s1. The first-order valence-electron chi connectivity index (χ1n) is 8.11. The molecule has 0 radical (unpaired) electrons. The summed E-state index contributed by atoms with van der Waals surface area (Å²) in [7, 11) is 0. The molecular formula is C15H29N3O3. The highest BCUT2D eigenvalue weighted by molar-refractivity contribution is 5.81. The number of hydrogen-bond donors (Lipinski definition) is 2. The van der Waals surface area contributed by atoms with Crippen molar-refractivity contribution in [1.82, 2.24) is 9.80 Å². The minimum absolute atomic E-state index is 0.0393. The minimum atomic E-state index is -0.329. The minimum Gasteiger partial charge on any atom is -0.392 e. The molecule has 4 atom stereocenters. The molecule has 21 heavy (non-hydrogen) atoms. The van der Waals surface area contributed by atoms with E-state index in [-0.39, 0.29) is 24.2 Å². The topological polar surface area (TPSA) is 79.0 Å². The Labute approximate surface area is 127 Å². The number of piperazine rings is 1. The molecule has 1 amide bonds. The summed E-state index contributed by atoms with van der Waals surface area (Å²) in [5.41, 5.74) is 5.60. The number of carbonyl (C=O) groups is 1. The maximum absolute atomic E-state index is 12.5. The molecule has 2 fully saturated rings. The molecule has 0 aromatic heterocycles. The van der Waals surface area contributed by atoms with Crippen LogP contribution in [0.25, 0.3) is 0 Å². The van der Waals surface area contributed by atoms with E-state index in [0.717, 1.165) is 38.9 Å². The molecule has 0 aromatic carbocycles. The van der Waals surface area contributed by atoms with E-state index < -0.39 is 0 Å². The smallest absolute Gasteiger partial charge is 0.251 e.